The van der Waals surface area contributed by atoms with E-state index in [1.54, 1.807) is 25.1 Å². The van der Waals surface area contributed by atoms with Crippen LogP contribution in [0.3, 0.4) is 0 Å². The summed E-state index contributed by atoms with van der Waals surface area (Å²) in [5.41, 5.74) is 1.94. The number of hydrogen-bond donors (Lipinski definition) is 3. The van der Waals surface area contributed by atoms with Crippen LogP contribution >= 0.6 is 0 Å². The van der Waals surface area contributed by atoms with Crippen LogP contribution < -0.4 is 11.0 Å². The number of benzene rings is 1. The zero-order valence-corrected chi connectivity index (χ0v) is 11.7. The van der Waals surface area contributed by atoms with Gasteiger partial charge in [-0.25, -0.2) is 13.2 Å². The molecule has 2 aromatic rings. The first-order valence-electron chi connectivity index (χ1n) is 6.08. The van der Waals surface area contributed by atoms with Gasteiger partial charge in [0.25, 0.3) is 0 Å². The molecular weight excluding hydrogens is 266 g/mol. The molecule has 0 amide bonds. The number of aromatic nitrogens is 2. The first kappa shape index (κ1) is 13.7. The zero-order chi connectivity index (χ0) is 14.0. The molecule has 1 aromatic heterocycles. The molecule has 0 saturated heterocycles. The predicted molar refractivity (Wildman–Crippen MR) is 76.3 cm³/mol. The third-order valence-electron chi connectivity index (χ3n) is 2.87. The van der Waals surface area contributed by atoms with Crippen LogP contribution in [0, 0.1) is 0 Å². The average molecular weight is 283 g/mol. The Bertz CT molecular complexity index is 730. The quantitative estimate of drug-likeness (QED) is 0.765. The van der Waals surface area contributed by atoms with E-state index in [1.807, 2.05) is 6.92 Å². The van der Waals surface area contributed by atoms with Crippen LogP contribution in [0.2, 0.25) is 0 Å². The molecule has 1 atom stereocenters. The van der Waals surface area contributed by atoms with E-state index in [0.29, 0.717) is 5.52 Å². The first-order chi connectivity index (χ1) is 8.89. The molecular formula is C12H17N3O3S. The number of fused-ring (bicyclic) bond motifs is 1. The van der Waals surface area contributed by atoms with Crippen molar-refractivity contribution < 1.29 is 8.42 Å². The minimum absolute atomic E-state index is 0.0885. The fourth-order valence-corrected chi connectivity index (χ4v) is 3.03. The molecule has 19 heavy (non-hydrogen) atoms. The highest BCUT2D eigenvalue weighted by Crippen LogP contribution is 2.15. The van der Waals surface area contributed by atoms with Gasteiger partial charge in [-0.05, 0) is 25.1 Å². The van der Waals surface area contributed by atoms with Gasteiger partial charge in [0.1, 0.15) is 0 Å². The Labute approximate surface area is 111 Å². The summed E-state index contributed by atoms with van der Waals surface area (Å²) < 4.78 is 23.0. The summed E-state index contributed by atoms with van der Waals surface area (Å²) >= 11 is 0. The van der Waals surface area contributed by atoms with Crippen LogP contribution in [0.5, 0.6) is 0 Å². The Hall–Kier alpha value is -1.76. The van der Waals surface area contributed by atoms with Crippen molar-refractivity contribution in [1.82, 2.24) is 9.97 Å². The normalized spacial score (nSPS) is 13.6. The van der Waals surface area contributed by atoms with E-state index in [4.69, 9.17) is 0 Å². The minimum Gasteiger partial charge on any atom is -0.382 e. The zero-order valence-electron chi connectivity index (χ0n) is 10.9. The lowest BCUT2D eigenvalue weighted by Gasteiger charge is -2.14. The van der Waals surface area contributed by atoms with Crippen LogP contribution in [0.4, 0.5) is 5.69 Å². The molecule has 3 N–H and O–H groups in total. The van der Waals surface area contributed by atoms with Gasteiger partial charge in [0.15, 0.2) is 9.84 Å². The molecule has 0 aliphatic rings. The Morgan fingerprint density at radius 1 is 1.26 bits per heavy atom. The number of aromatic amines is 2. The maximum atomic E-state index is 11.5. The van der Waals surface area contributed by atoms with Gasteiger partial charge in [-0.3, -0.25) is 0 Å². The summed E-state index contributed by atoms with van der Waals surface area (Å²) in [4.78, 5) is 16.5. The molecule has 1 unspecified atom stereocenters. The van der Waals surface area contributed by atoms with Crippen LogP contribution in [-0.4, -0.2) is 35.9 Å². The second kappa shape index (κ2) is 5.08. The van der Waals surface area contributed by atoms with Gasteiger partial charge in [0, 0.05) is 17.5 Å². The van der Waals surface area contributed by atoms with Crippen molar-refractivity contribution in [3.63, 3.8) is 0 Å². The highest BCUT2D eigenvalue weighted by atomic mass is 32.2. The highest BCUT2D eigenvalue weighted by Gasteiger charge is 2.13. The molecule has 0 radical (unpaired) electrons. The van der Waals surface area contributed by atoms with E-state index in [9.17, 15) is 13.2 Å². The van der Waals surface area contributed by atoms with E-state index in [1.165, 1.54) is 0 Å². The van der Waals surface area contributed by atoms with E-state index < -0.39 is 9.84 Å². The number of hydrogen-bond acceptors (Lipinski definition) is 4. The van der Waals surface area contributed by atoms with Crippen molar-refractivity contribution in [3.8, 4) is 0 Å². The SMILES string of the molecule is CCS(=O)(=O)CC(C)Nc1ccc2[nH]c(=O)[nH]c2c1. The fourth-order valence-electron chi connectivity index (χ4n) is 1.95. The van der Waals surface area contributed by atoms with E-state index in [2.05, 4.69) is 15.3 Å². The summed E-state index contributed by atoms with van der Waals surface area (Å²) in [7, 11) is -3.00. The molecule has 104 valence electrons. The number of nitrogens with one attached hydrogen (secondary N) is 3. The van der Waals surface area contributed by atoms with Crippen LogP contribution in [0.25, 0.3) is 11.0 Å². The topological polar surface area (TPSA) is 94.8 Å². The maximum absolute atomic E-state index is 11.5. The summed E-state index contributed by atoms with van der Waals surface area (Å²) in [5, 5.41) is 3.12. The molecule has 1 aromatic carbocycles. The van der Waals surface area contributed by atoms with Crippen molar-refractivity contribution in [3.05, 3.63) is 28.7 Å². The first-order valence-corrected chi connectivity index (χ1v) is 7.91. The lowest BCUT2D eigenvalue weighted by Crippen LogP contribution is -2.26. The van der Waals surface area contributed by atoms with Gasteiger partial charge in [0.05, 0.1) is 16.8 Å². The lowest BCUT2D eigenvalue weighted by atomic mass is 10.2. The van der Waals surface area contributed by atoms with Crippen LogP contribution in [-0.2, 0) is 9.84 Å². The monoisotopic (exact) mass is 283 g/mol. The Kier molecular flexibility index (Phi) is 3.66. The van der Waals surface area contributed by atoms with Crippen molar-refractivity contribution in [2.75, 3.05) is 16.8 Å². The molecule has 1 heterocycles. The van der Waals surface area contributed by atoms with Gasteiger partial charge < -0.3 is 15.3 Å². The number of sulfone groups is 1. The largest absolute Gasteiger partial charge is 0.382 e. The van der Waals surface area contributed by atoms with E-state index in [-0.39, 0.29) is 23.2 Å². The predicted octanol–water partition coefficient (Wildman–Crippen LogP) is 1.09. The second-order valence-electron chi connectivity index (χ2n) is 4.58. The molecule has 0 spiro atoms. The third kappa shape index (κ3) is 3.37. The molecule has 7 heteroatoms. The van der Waals surface area contributed by atoms with Gasteiger partial charge in [-0.1, -0.05) is 6.92 Å². The number of rotatable bonds is 5. The maximum Gasteiger partial charge on any atom is 0.323 e. The number of imidazole rings is 1. The number of anilines is 1. The Morgan fingerprint density at radius 2 is 1.95 bits per heavy atom. The average Bonchev–Trinajstić information content (AvgIpc) is 2.67. The molecule has 2 rings (SSSR count). The molecule has 0 aliphatic carbocycles. The van der Waals surface area contributed by atoms with Crippen molar-refractivity contribution >= 4 is 26.6 Å². The van der Waals surface area contributed by atoms with E-state index >= 15 is 0 Å². The summed E-state index contributed by atoms with van der Waals surface area (Å²) in [5.74, 6) is 0.231. The van der Waals surface area contributed by atoms with Gasteiger partial charge in [0.2, 0.25) is 0 Å². The number of H-pyrrole nitrogens is 2. The standard InChI is InChI=1S/C12H17N3O3S/c1-3-19(17,18)7-8(2)13-9-4-5-10-11(6-9)15-12(16)14-10/h4-6,8,13H,3,7H2,1-2H3,(H2,14,15,16). The van der Waals surface area contributed by atoms with Gasteiger partial charge in [-0.15, -0.1) is 0 Å². The summed E-state index contributed by atoms with van der Waals surface area (Å²) in [6, 6.07) is 5.17. The molecule has 0 aliphatic heterocycles. The van der Waals surface area contributed by atoms with Crippen molar-refractivity contribution in [2.24, 2.45) is 0 Å². The second-order valence-corrected chi connectivity index (χ2v) is 6.98. The Morgan fingerprint density at radius 3 is 2.63 bits per heavy atom. The fraction of sp³-hybridized carbons (Fsp3) is 0.417. The summed E-state index contributed by atoms with van der Waals surface area (Å²) in [6.45, 7) is 3.45. The van der Waals surface area contributed by atoms with Crippen molar-refractivity contribution in [2.45, 2.75) is 19.9 Å². The molecule has 0 bridgehead atoms. The molecule has 0 fully saturated rings. The smallest absolute Gasteiger partial charge is 0.323 e. The highest BCUT2D eigenvalue weighted by molar-refractivity contribution is 7.91. The van der Waals surface area contributed by atoms with Gasteiger partial charge >= 0.3 is 5.69 Å². The van der Waals surface area contributed by atoms with Gasteiger partial charge in [-0.2, -0.15) is 0 Å². The Balaban J connectivity index is 2.14. The molecule has 0 saturated carbocycles. The van der Waals surface area contributed by atoms with Crippen LogP contribution in [0.1, 0.15) is 13.8 Å². The third-order valence-corrected chi connectivity index (χ3v) is 4.76. The van der Waals surface area contributed by atoms with E-state index in [0.717, 1.165) is 11.2 Å². The van der Waals surface area contributed by atoms with Crippen LogP contribution in [0.15, 0.2) is 23.0 Å². The lowest BCUT2D eigenvalue weighted by molar-refractivity contribution is 0.593. The van der Waals surface area contributed by atoms with Crippen molar-refractivity contribution in [1.29, 1.82) is 0 Å². The minimum atomic E-state index is -3.00. The summed E-state index contributed by atoms with van der Waals surface area (Å²) in [6.07, 6.45) is 0. The molecule has 6 nitrogen and oxygen atoms in total.